The monoisotopic (exact) mass is 229 g/mol. The lowest BCUT2D eigenvalue weighted by Gasteiger charge is -2.30. The molecule has 2 unspecified atom stereocenters. The molecule has 0 aromatic heterocycles. The maximum atomic E-state index is 5.78. The van der Waals surface area contributed by atoms with Gasteiger partial charge in [0.25, 0.3) is 0 Å². The average Bonchev–Trinajstić information content (AvgIpc) is 2.34. The summed E-state index contributed by atoms with van der Waals surface area (Å²) in [6, 6.07) is 0. The molecule has 16 heavy (non-hydrogen) atoms. The van der Waals surface area contributed by atoms with E-state index in [0.717, 1.165) is 39.4 Å². The Bertz CT molecular complexity index is 164. The Kier molecular flexibility index (Phi) is 7.81. The van der Waals surface area contributed by atoms with Crippen LogP contribution in [0.5, 0.6) is 0 Å². The van der Waals surface area contributed by atoms with Gasteiger partial charge in [0.05, 0.1) is 13.2 Å². The van der Waals surface area contributed by atoms with Crippen LogP contribution in [0.25, 0.3) is 0 Å². The highest BCUT2D eigenvalue weighted by atomic mass is 16.5. The van der Waals surface area contributed by atoms with Crippen LogP contribution in [-0.4, -0.2) is 33.0 Å². The van der Waals surface area contributed by atoms with Crippen molar-refractivity contribution in [3.05, 3.63) is 0 Å². The van der Waals surface area contributed by atoms with Crippen LogP contribution in [0.4, 0.5) is 0 Å². The van der Waals surface area contributed by atoms with E-state index < -0.39 is 0 Å². The zero-order valence-electron chi connectivity index (χ0n) is 10.6. The zero-order valence-corrected chi connectivity index (χ0v) is 10.6. The third kappa shape index (κ3) is 5.28. The fourth-order valence-corrected chi connectivity index (χ4v) is 2.41. The van der Waals surface area contributed by atoms with E-state index in [1.807, 2.05) is 0 Å². The van der Waals surface area contributed by atoms with Gasteiger partial charge in [-0.15, -0.1) is 0 Å². The molecule has 0 bridgehead atoms. The molecule has 2 N–H and O–H groups in total. The molecule has 3 heteroatoms. The summed E-state index contributed by atoms with van der Waals surface area (Å²) in [6.07, 6.45) is 6.35. The summed E-state index contributed by atoms with van der Waals surface area (Å²) in [7, 11) is 0. The molecule has 96 valence electrons. The molecule has 0 heterocycles. The van der Waals surface area contributed by atoms with Crippen LogP contribution < -0.4 is 5.73 Å². The maximum Gasteiger partial charge on any atom is 0.0700 e. The lowest BCUT2D eigenvalue weighted by molar-refractivity contribution is 0.0168. The fourth-order valence-electron chi connectivity index (χ4n) is 2.41. The molecule has 1 aliphatic rings. The van der Waals surface area contributed by atoms with Crippen LogP contribution in [0.3, 0.4) is 0 Å². The van der Waals surface area contributed by atoms with Crippen LogP contribution in [0.1, 0.15) is 39.0 Å². The number of nitrogens with two attached hydrogens (primary N) is 1. The second kappa shape index (κ2) is 8.97. The molecule has 1 fully saturated rings. The predicted molar refractivity (Wildman–Crippen MR) is 66.4 cm³/mol. The summed E-state index contributed by atoms with van der Waals surface area (Å²) in [5.74, 6) is 1.37. The molecule has 1 aliphatic carbocycles. The highest BCUT2D eigenvalue weighted by Crippen LogP contribution is 2.29. The number of ether oxygens (including phenoxy) is 2. The minimum Gasteiger partial charge on any atom is -0.379 e. The molecule has 0 saturated heterocycles. The normalized spacial score (nSPS) is 25.9. The molecule has 0 aliphatic heterocycles. The smallest absolute Gasteiger partial charge is 0.0700 e. The first-order valence-electron chi connectivity index (χ1n) is 6.74. The molecule has 0 aromatic carbocycles. The van der Waals surface area contributed by atoms with Gasteiger partial charge in [0.15, 0.2) is 0 Å². The molecule has 1 rings (SSSR count). The van der Waals surface area contributed by atoms with Crippen molar-refractivity contribution in [2.45, 2.75) is 39.0 Å². The van der Waals surface area contributed by atoms with Crippen molar-refractivity contribution in [2.75, 3.05) is 33.0 Å². The molecular weight excluding hydrogens is 202 g/mol. The maximum absolute atomic E-state index is 5.78. The van der Waals surface area contributed by atoms with Crippen LogP contribution in [0.15, 0.2) is 0 Å². The van der Waals surface area contributed by atoms with Gasteiger partial charge in [0.2, 0.25) is 0 Å². The van der Waals surface area contributed by atoms with Crippen molar-refractivity contribution in [3.63, 3.8) is 0 Å². The summed E-state index contributed by atoms with van der Waals surface area (Å²) in [4.78, 5) is 0. The second-order valence-corrected chi connectivity index (χ2v) is 4.73. The minimum atomic E-state index is 0.685. The van der Waals surface area contributed by atoms with E-state index in [1.54, 1.807) is 0 Å². The Morgan fingerprint density at radius 3 is 2.38 bits per heavy atom. The van der Waals surface area contributed by atoms with Gasteiger partial charge in [-0.05, 0) is 37.6 Å². The molecule has 3 nitrogen and oxygen atoms in total. The van der Waals surface area contributed by atoms with Gasteiger partial charge < -0.3 is 15.2 Å². The molecule has 2 atom stereocenters. The second-order valence-electron chi connectivity index (χ2n) is 4.73. The number of rotatable bonds is 8. The van der Waals surface area contributed by atoms with E-state index in [0.29, 0.717) is 11.8 Å². The SMILES string of the molecule is CCCOCCOCC1CCCCC1CN. The first kappa shape index (κ1) is 13.9. The lowest BCUT2D eigenvalue weighted by atomic mass is 9.80. The van der Waals surface area contributed by atoms with Gasteiger partial charge in [0, 0.05) is 13.2 Å². The van der Waals surface area contributed by atoms with Gasteiger partial charge in [-0.1, -0.05) is 19.8 Å². The third-order valence-corrected chi connectivity index (χ3v) is 3.42. The Labute approximate surface area is 99.7 Å². The summed E-state index contributed by atoms with van der Waals surface area (Å²) < 4.78 is 11.0. The van der Waals surface area contributed by atoms with Crippen molar-refractivity contribution in [3.8, 4) is 0 Å². The average molecular weight is 229 g/mol. The largest absolute Gasteiger partial charge is 0.379 e. The highest BCUT2D eigenvalue weighted by Gasteiger charge is 2.23. The Morgan fingerprint density at radius 2 is 1.69 bits per heavy atom. The number of hydrogen-bond donors (Lipinski definition) is 1. The van der Waals surface area contributed by atoms with Crippen molar-refractivity contribution < 1.29 is 9.47 Å². The summed E-state index contributed by atoms with van der Waals surface area (Å²) in [5, 5.41) is 0. The van der Waals surface area contributed by atoms with Crippen LogP contribution >= 0.6 is 0 Å². The fraction of sp³-hybridized carbons (Fsp3) is 1.00. The Hall–Kier alpha value is -0.120. The van der Waals surface area contributed by atoms with E-state index in [2.05, 4.69) is 6.92 Å². The quantitative estimate of drug-likeness (QED) is 0.649. The lowest BCUT2D eigenvalue weighted by Crippen LogP contribution is -2.30. The van der Waals surface area contributed by atoms with E-state index in [9.17, 15) is 0 Å². The molecule has 1 saturated carbocycles. The van der Waals surface area contributed by atoms with Gasteiger partial charge in [-0.3, -0.25) is 0 Å². The van der Waals surface area contributed by atoms with Gasteiger partial charge in [-0.2, -0.15) is 0 Å². The van der Waals surface area contributed by atoms with Gasteiger partial charge in [0.1, 0.15) is 0 Å². The van der Waals surface area contributed by atoms with E-state index in [4.69, 9.17) is 15.2 Å². The number of hydrogen-bond acceptors (Lipinski definition) is 3. The van der Waals surface area contributed by atoms with Crippen molar-refractivity contribution in [2.24, 2.45) is 17.6 Å². The zero-order chi connectivity index (χ0) is 11.6. The van der Waals surface area contributed by atoms with Crippen molar-refractivity contribution in [1.82, 2.24) is 0 Å². The third-order valence-electron chi connectivity index (χ3n) is 3.42. The first-order valence-corrected chi connectivity index (χ1v) is 6.74. The molecule has 0 spiro atoms. The summed E-state index contributed by atoms with van der Waals surface area (Å²) in [5.41, 5.74) is 5.78. The first-order chi connectivity index (χ1) is 7.88. The molecule has 0 radical (unpaired) electrons. The standard InChI is InChI=1S/C13H27NO2/c1-2-7-15-8-9-16-11-13-6-4-3-5-12(13)10-14/h12-13H,2-11,14H2,1H3. The van der Waals surface area contributed by atoms with Crippen molar-refractivity contribution in [1.29, 1.82) is 0 Å². The van der Waals surface area contributed by atoms with Gasteiger partial charge >= 0.3 is 0 Å². The topological polar surface area (TPSA) is 44.5 Å². The Balaban J connectivity index is 2.02. The predicted octanol–water partition coefficient (Wildman–Crippen LogP) is 2.19. The molecular formula is C13H27NO2. The van der Waals surface area contributed by atoms with E-state index in [-0.39, 0.29) is 0 Å². The summed E-state index contributed by atoms with van der Waals surface area (Å²) >= 11 is 0. The van der Waals surface area contributed by atoms with Crippen LogP contribution in [0.2, 0.25) is 0 Å². The van der Waals surface area contributed by atoms with E-state index in [1.165, 1.54) is 25.7 Å². The van der Waals surface area contributed by atoms with Crippen LogP contribution in [-0.2, 0) is 9.47 Å². The molecule has 0 aromatic rings. The Morgan fingerprint density at radius 1 is 1.00 bits per heavy atom. The van der Waals surface area contributed by atoms with Gasteiger partial charge in [-0.25, -0.2) is 0 Å². The minimum absolute atomic E-state index is 0.685. The van der Waals surface area contributed by atoms with E-state index >= 15 is 0 Å². The summed E-state index contributed by atoms with van der Waals surface area (Å²) in [6.45, 7) is 6.12. The van der Waals surface area contributed by atoms with Crippen molar-refractivity contribution >= 4 is 0 Å². The highest BCUT2D eigenvalue weighted by molar-refractivity contribution is 4.75. The van der Waals surface area contributed by atoms with Crippen LogP contribution in [0, 0.1) is 11.8 Å². The molecule has 0 amide bonds.